The summed E-state index contributed by atoms with van der Waals surface area (Å²) in [7, 11) is 0. The topological polar surface area (TPSA) is 89.2 Å². The van der Waals surface area contributed by atoms with Crippen LogP contribution in [0.15, 0.2) is 43.6 Å². The highest BCUT2D eigenvalue weighted by Gasteiger charge is 2.34. The maximum atomic E-state index is 12.1. The summed E-state index contributed by atoms with van der Waals surface area (Å²) in [4.78, 5) is 12.1. The maximum absolute atomic E-state index is 12.1. The minimum atomic E-state index is -0.535. The van der Waals surface area contributed by atoms with Gasteiger partial charge in [0.1, 0.15) is 23.2 Å². The summed E-state index contributed by atoms with van der Waals surface area (Å²) in [5.41, 5.74) is 6.68. The van der Waals surface area contributed by atoms with E-state index in [0.717, 1.165) is 5.56 Å². The Hall–Kier alpha value is -2.52. The SMILES string of the molecule is Cc1cc2c(c(=O)o1)[C@@H](c1ccsc1)C(C#N)=C(N)O2. The lowest BCUT2D eigenvalue weighted by Gasteiger charge is -2.24. The van der Waals surface area contributed by atoms with Crippen LogP contribution in [0.3, 0.4) is 0 Å². The molecule has 2 N–H and O–H groups in total. The lowest BCUT2D eigenvalue weighted by atomic mass is 9.86. The van der Waals surface area contributed by atoms with Gasteiger partial charge in [-0.05, 0) is 29.3 Å². The molecule has 6 heteroatoms. The number of allylic oxidation sites excluding steroid dienone is 1. The van der Waals surface area contributed by atoms with E-state index >= 15 is 0 Å². The molecular formula is C14H10N2O3S. The molecule has 0 aliphatic carbocycles. The molecule has 0 spiro atoms. The van der Waals surface area contributed by atoms with Crippen LogP contribution in [0.5, 0.6) is 5.75 Å². The van der Waals surface area contributed by atoms with Crippen molar-refractivity contribution in [2.75, 3.05) is 0 Å². The second kappa shape index (κ2) is 4.54. The summed E-state index contributed by atoms with van der Waals surface area (Å²) >= 11 is 1.48. The van der Waals surface area contributed by atoms with E-state index in [1.165, 1.54) is 11.3 Å². The number of nitrogens with two attached hydrogens (primary N) is 1. The number of fused-ring (bicyclic) bond motifs is 1. The minimum Gasteiger partial charge on any atom is -0.440 e. The molecule has 0 saturated heterocycles. The Labute approximate surface area is 118 Å². The molecular weight excluding hydrogens is 276 g/mol. The summed E-state index contributed by atoms with van der Waals surface area (Å²) in [6.07, 6.45) is 0. The van der Waals surface area contributed by atoms with Crippen LogP contribution in [-0.2, 0) is 0 Å². The summed E-state index contributed by atoms with van der Waals surface area (Å²) in [6.45, 7) is 1.66. The minimum absolute atomic E-state index is 0.0289. The van der Waals surface area contributed by atoms with E-state index in [-0.39, 0.29) is 11.5 Å². The molecule has 0 saturated carbocycles. The molecule has 3 heterocycles. The Kier molecular flexibility index (Phi) is 2.84. The number of nitrogens with zero attached hydrogens (tertiary/aromatic N) is 1. The molecule has 1 atom stereocenters. The quantitative estimate of drug-likeness (QED) is 0.868. The predicted octanol–water partition coefficient (Wildman–Crippen LogP) is 2.23. The zero-order valence-electron chi connectivity index (χ0n) is 10.5. The van der Waals surface area contributed by atoms with Gasteiger partial charge in [-0.25, -0.2) is 4.79 Å². The number of hydrogen-bond donors (Lipinski definition) is 1. The van der Waals surface area contributed by atoms with Crippen LogP contribution >= 0.6 is 11.3 Å². The van der Waals surface area contributed by atoms with Crippen molar-refractivity contribution in [3.63, 3.8) is 0 Å². The largest absolute Gasteiger partial charge is 0.440 e. The highest BCUT2D eigenvalue weighted by molar-refractivity contribution is 7.08. The molecule has 1 aliphatic rings. The zero-order chi connectivity index (χ0) is 14.3. The molecule has 2 aromatic rings. The monoisotopic (exact) mass is 286 g/mol. The van der Waals surface area contributed by atoms with Gasteiger partial charge in [-0.2, -0.15) is 16.6 Å². The van der Waals surface area contributed by atoms with Crippen molar-refractivity contribution in [2.24, 2.45) is 5.73 Å². The molecule has 2 aromatic heterocycles. The van der Waals surface area contributed by atoms with Gasteiger partial charge in [-0.3, -0.25) is 0 Å². The summed E-state index contributed by atoms with van der Waals surface area (Å²) in [5.74, 6) is 0.283. The number of rotatable bonds is 1. The Morgan fingerprint density at radius 1 is 1.50 bits per heavy atom. The van der Waals surface area contributed by atoms with Gasteiger partial charge in [-0.15, -0.1) is 0 Å². The number of hydrogen-bond acceptors (Lipinski definition) is 6. The van der Waals surface area contributed by atoms with Crippen LogP contribution in [-0.4, -0.2) is 0 Å². The van der Waals surface area contributed by atoms with E-state index in [4.69, 9.17) is 14.9 Å². The average Bonchev–Trinajstić information content (AvgIpc) is 2.90. The summed E-state index contributed by atoms with van der Waals surface area (Å²) in [5, 5.41) is 13.1. The molecule has 100 valence electrons. The molecule has 0 amide bonds. The van der Waals surface area contributed by atoms with Crippen molar-refractivity contribution >= 4 is 11.3 Å². The molecule has 3 rings (SSSR count). The van der Waals surface area contributed by atoms with Gasteiger partial charge in [0.2, 0.25) is 5.88 Å². The van der Waals surface area contributed by atoms with Gasteiger partial charge >= 0.3 is 5.63 Å². The standard InChI is InChI=1S/C14H10N2O3S/c1-7-4-10-12(14(17)18-7)11(8-2-3-20-6-8)9(5-15)13(16)19-10/h2-4,6,11H,16H2,1H3/t11-/m0/s1. The third-order valence-corrected chi connectivity index (χ3v) is 3.83. The number of aryl methyl sites for hydroxylation is 1. The van der Waals surface area contributed by atoms with Gasteiger partial charge in [0.05, 0.1) is 11.5 Å². The maximum Gasteiger partial charge on any atom is 0.343 e. The molecule has 0 aromatic carbocycles. The number of ether oxygens (including phenoxy) is 1. The molecule has 0 fully saturated rings. The highest BCUT2D eigenvalue weighted by atomic mass is 32.1. The van der Waals surface area contributed by atoms with Gasteiger partial charge in [-0.1, -0.05) is 0 Å². The fourth-order valence-corrected chi connectivity index (χ4v) is 2.98. The Balaban J connectivity index is 2.32. The van der Waals surface area contributed by atoms with Crippen molar-refractivity contribution < 1.29 is 9.15 Å². The van der Waals surface area contributed by atoms with Crippen molar-refractivity contribution in [2.45, 2.75) is 12.8 Å². The third kappa shape index (κ3) is 1.80. The Bertz CT molecular complexity index is 797. The smallest absolute Gasteiger partial charge is 0.343 e. The first-order chi connectivity index (χ1) is 9.61. The Morgan fingerprint density at radius 3 is 2.95 bits per heavy atom. The van der Waals surface area contributed by atoms with Crippen molar-refractivity contribution in [3.05, 3.63) is 61.7 Å². The van der Waals surface area contributed by atoms with Crippen LogP contribution in [0.4, 0.5) is 0 Å². The van der Waals surface area contributed by atoms with Crippen molar-refractivity contribution in [1.82, 2.24) is 0 Å². The van der Waals surface area contributed by atoms with Crippen LogP contribution in [0.2, 0.25) is 0 Å². The second-order valence-electron chi connectivity index (χ2n) is 4.40. The van der Waals surface area contributed by atoms with Gasteiger partial charge < -0.3 is 14.9 Å². The lowest BCUT2D eigenvalue weighted by molar-refractivity contribution is 0.371. The number of nitriles is 1. The normalized spacial score (nSPS) is 17.3. The van der Waals surface area contributed by atoms with Gasteiger partial charge in [0.15, 0.2) is 0 Å². The predicted molar refractivity (Wildman–Crippen MR) is 73.3 cm³/mol. The van der Waals surface area contributed by atoms with Crippen LogP contribution in [0.25, 0.3) is 0 Å². The lowest BCUT2D eigenvalue weighted by Crippen LogP contribution is -2.26. The second-order valence-corrected chi connectivity index (χ2v) is 5.18. The first-order valence-corrected chi connectivity index (χ1v) is 6.80. The molecule has 0 bridgehead atoms. The first-order valence-electron chi connectivity index (χ1n) is 5.86. The van der Waals surface area contributed by atoms with Crippen LogP contribution in [0, 0.1) is 18.3 Å². The highest BCUT2D eigenvalue weighted by Crippen LogP contribution is 2.40. The zero-order valence-corrected chi connectivity index (χ0v) is 11.4. The first kappa shape index (κ1) is 12.5. The molecule has 5 nitrogen and oxygen atoms in total. The van der Waals surface area contributed by atoms with Gasteiger partial charge in [0.25, 0.3) is 0 Å². The van der Waals surface area contributed by atoms with E-state index in [1.807, 2.05) is 22.9 Å². The van der Waals surface area contributed by atoms with Gasteiger partial charge in [0, 0.05) is 6.07 Å². The molecule has 20 heavy (non-hydrogen) atoms. The van der Waals surface area contributed by atoms with E-state index in [2.05, 4.69) is 0 Å². The van der Waals surface area contributed by atoms with Crippen molar-refractivity contribution in [1.29, 1.82) is 5.26 Å². The number of thiophene rings is 1. The van der Waals surface area contributed by atoms with E-state index in [9.17, 15) is 10.1 Å². The van der Waals surface area contributed by atoms with Crippen molar-refractivity contribution in [3.8, 4) is 11.8 Å². The fourth-order valence-electron chi connectivity index (χ4n) is 2.29. The fraction of sp³-hybridized carbons (Fsp3) is 0.143. The Morgan fingerprint density at radius 2 is 2.30 bits per heavy atom. The van der Waals surface area contributed by atoms with E-state index < -0.39 is 11.5 Å². The third-order valence-electron chi connectivity index (χ3n) is 3.13. The summed E-state index contributed by atoms with van der Waals surface area (Å²) < 4.78 is 10.5. The molecule has 0 radical (unpaired) electrons. The summed E-state index contributed by atoms with van der Waals surface area (Å²) in [6, 6.07) is 5.49. The molecule has 0 unspecified atom stereocenters. The average molecular weight is 286 g/mol. The van der Waals surface area contributed by atoms with E-state index in [0.29, 0.717) is 17.1 Å². The van der Waals surface area contributed by atoms with Crippen LogP contribution in [0.1, 0.15) is 22.8 Å². The van der Waals surface area contributed by atoms with E-state index in [1.54, 1.807) is 13.0 Å². The molecule has 1 aliphatic heterocycles. The van der Waals surface area contributed by atoms with Crippen LogP contribution < -0.4 is 16.1 Å².